The minimum Gasteiger partial charge on any atom is -0.469 e. The fourth-order valence-electron chi connectivity index (χ4n) is 1.53. The molecule has 86 valence electrons. The van der Waals surface area contributed by atoms with Gasteiger partial charge in [-0.1, -0.05) is 0 Å². The van der Waals surface area contributed by atoms with E-state index < -0.39 is 0 Å². The predicted molar refractivity (Wildman–Crippen MR) is 67.1 cm³/mol. The van der Waals surface area contributed by atoms with Crippen molar-refractivity contribution in [2.45, 2.75) is 33.2 Å². The first-order valence-electron chi connectivity index (χ1n) is 5.38. The summed E-state index contributed by atoms with van der Waals surface area (Å²) in [6, 6.07) is 4.24. The van der Waals surface area contributed by atoms with Gasteiger partial charge >= 0.3 is 0 Å². The molecule has 0 amide bonds. The zero-order valence-electron chi connectivity index (χ0n) is 9.78. The smallest absolute Gasteiger partial charge is 0.183 e. The minimum atomic E-state index is 0.330. The van der Waals surface area contributed by atoms with Crippen LogP contribution in [0, 0.1) is 13.8 Å². The maximum atomic E-state index is 5.31. The fraction of sp³-hybridized carbons (Fsp3) is 0.417. The predicted octanol–water partition coefficient (Wildman–Crippen LogP) is 3.40. The van der Waals surface area contributed by atoms with Gasteiger partial charge in [0.25, 0.3) is 0 Å². The van der Waals surface area contributed by atoms with Crippen LogP contribution >= 0.6 is 11.3 Å². The van der Waals surface area contributed by atoms with E-state index in [-0.39, 0.29) is 0 Å². The normalized spacial score (nSPS) is 12.7. The standard InChI is InChI=1S/C12H16N2OS/c1-8(7-11-5-4-6-15-11)13-12-14-9(2)10(3)16-12/h4-6,8H,7H2,1-3H3,(H,13,14). The Morgan fingerprint density at radius 3 is 2.88 bits per heavy atom. The molecule has 0 fully saturated rings. The average Bonchev–Trinajstić information content (AvgIpc) is 2.78. The Kier molecular flexibility index (Phi) is 3.29. The second-order valence-electron chi connectivity index (χ2n) is 3.99. The van der Waals surface area contributed by atoms with Crippen molar-refractivity contribution < 1.29 is 4.42 Å². The molecule has 2 aromatic rings. The maximum absolute atomic E-state index is 5.31. The SMILES string of the molecule is Cc1nc(NC(C)Cc2ccco2)sc1C. The molecule has 0 aliphatic rings. The first-order valence-corrected chi connectivity index (χ1v) is 6.19. The van der Waals surface area contributed by atoms with Crippen molar-refractivity contribution in [1.29, 1.82) is 0 Å². The summed E-state index contributed by atoms with van der Waals surface area (Å²) in [6.45, 7) is 6.26. The van der Waals surface area contributed by atoms with Crippen molar-refractivity contribution >= 4 is 16.5 Å². The van der Waals surface area contributed by atoms with E-state index >= 15 is 0 Å². The van der Waals surface area contributed by atoms with E-state index in [1.54, 1.807) is 17.6 Å². The highest BCUT2D eigenvalue weighted by atomic mass is 32.1. The Labute approximate surface area is 99.5 Å². The van der Waals surface area contributed by atoms with Crippen LogP contribution in [0.15, 0.2) is 22.8 Å². The summed E-state index contributed by atoms with van der Waals surface area (Å²) in [4.78, 5) is 5.73. The van der Waals surface area contributed by atoms with E-state index in [1.165, 1.54) is 4.88 Å². The summed E-state index contributed by atoms with van der Waals surface area (Å²) >= 11 is 1.70. The van der Waals surface area contributed by atoms with E-state index in [0.29, 0.717) is 6.04 Å². The number of nitrogens with one attached hydrogen (secondary N) is 1. The molecule has 4 heteroatoms. The summed E-state index contributed by atoms with van der Waals surface area (Å²) in [6.07, 6.45) is 2.59. The Balaban J connectivity index is 1.94. The third-order valence-electron chi connectivity index (χ3n) is 2.49. The van der Waals surface area contributed by atoms with Crippen LogP contribution in [0.2, 0.25) is 0 Å². The lowest BCUT2D eigenvalue weighted by molar-refractivity contribution is 0.497. The highest BCUT2D eigenvalue weighted by Crippen LogP contribution is 2.22. The average molecular weight is 236 g/mol. The minimum absolute atomic E-state index is 0.330. The van der Waals surface area contributed by atoms with Gasteiger partial charge in [-0.25, -0.2) is 4.98 Å². The molecule has 0 bridgehead atoms. The zero-order valence-corrected chi connectivity index (χ0v) is 10.6. The summed E-state index contributed by atoms with van der Waals surface area (Å²) in [5, 5.41) is 4.38. The Morgan fingerprint density at radius 2 is 2.31 bits per heavy atom. The first-order chi connectivity index (χ1) is 7.65. The van der Waals surface area contributed by atoms with Crippen LogP contribution in [-0.4, -0.2) is 11.0 Å². The molecule has 0 saturated heterocycles. The quantitative estimate of drug-likeness (QED) is 0.884. The monoisotopic (exact) mass is 236 g/mol. The molecule has 16 heavy (non-hydrogen) atoms. The Hall–Kier alpha value is -1.29. The summed E-state index contributed by atoms with van der Waals surface area (Å²) in [5.74, 6) is 1.00. The maximum Gasteiger partial charge on any atom is 0.183 e. The number of rotatable bonds is 4. The molecule has 2 aromatic heterocycles. The van der Waals surface area contributed by atoms with Gasteiger partial charge in [0.2, 0.25) is 0 Å². The molecule has 0 spiro atoms. The molecular weight excluding hydrogens is 220 g/mol. The van der Waals surface area contributed by atoms with E-state index in [9.17, 15) is 0 Å². The molecule has 0 saturated carbocycles. The third-order valence-corrected chi connectivity index (χ3v) is 3.49. The molecule has 1 unspecified atom stereocenters. The van der Waals surface area contributed by atoms with Crippen LogP contribution < -0.4 is 5.32 Å². The lowest BCUT2D eigenvalue weighted by Gasteiger charge is -2.10. The molecule has 1 atom stereocenters. The van der Waals surface area contributed by atoms with E-state index in [1.807, 2.05) is 19.1 Å². The van der Waals surface area contributed by atoms with Gasteiger partial charge in [0.15, 0.2) is 5.13 Å². The largest absolute Gasteiger partial charge is 0.469 e. The fourth-order valence-corrected chi connectivity index (χ4v) is 2.45. The van der Waals surface area contributed by atoms with Crippen LogP contribution in [0.25, 0.3) is 0 Å². The van der Waals surface area contributed by atoms with Gasteiger partial charge in [-0.3, -0.25) is 0 Å². The van der Waals surface area contributed by atoms with Gasteiger partial charge in [0, 0.05) is 17.3 Å². The highest BCUT2D eigenvalue weighted by Gasteiger charge is 2.09. The lowest BCUT2D eigenvalue weighted by atomic mass is 10.2. The number of nitrogens with zero attached hydrogens (tertiary/aromatic N) is 1. The molecule has 0 aliphatic carbocycles. The summed E-state index contributed by atoms with van der Waals surface area (Å²) in [7, 11) is 0. The highest BCUT2D eigenvalue weighted by molar-refractivity contribution is 7.15. The molecule has 0 aromatic carbocycles. The molecule has 2 rings (SSSR count). The van der Waals surface area contributed by atoms with Gasteiger partial charge < -0.3 is 9.73 Å². The van der Waals surface area contributed by atoms with Gasteiger partial charge in [0.05, 0.1) is 12.0 Å². The number of aryl methyl sites for hydroxylation is 2. The topological polar surface area (TPSA) is 38.1 Å². The van der Waals surface area contributed by atoms with Gasteiger partial charge in [-0.2, -0.15) is 0 Å². The van der Waals surface area contributed by atoms with Crippen molar-refractivity contribution in [2.24, 2.45) is 0 Å². The molecule has 3 nitrogen and oxygen atoms in total. The third kappa shape index (κ3) is 2.64. The van der Waals surface area contributed by atoms with Crippen molar-refractivity contribution in [1.82, 2.24) is 4.98 Å². The van der Waals surface area contributed by atoms with Crippen LogP contribution in [0.5, 0.6) is 0 Å². The van der Waals surface area contributed by atoms with Gasteiger partial charge in [-0.05, 0) is 32.9 Å². The summed E-state index contributed by atoms with van der Waals surface area (Å²) in [5.41, 5.74) is 1.11. The molecule has 2 heterocycles. The first kappa shape index (κ1) is 11.2. The van der Waals surface area contributed by atoms with E-state index in [2.05, 4.69) is 24.1 Å². The van der Waals surface area contributed by atoms with Crippen LogP contribution in [0.3, 0.4) is 0 Å². The second kappa shape index (κ2) is 4.70. The second-order valence-corrected chi connectivity index (χ2v) is 5.19. The molecule has 1 N–H and O–H groups in total. The number of thiazole rings is 1. The zero-order chi connectivity index (χ0) is 11.5. The van der Waals surface area contributed by atoms with Gasteiger partial charge in [-0.15, -0.1) is 11.3 Å². The van der Waals surface area contributed by atoms with Crippen LogP contribution in [0.1, 0.15) is 23.3 Å². The molecule has 0 aliphatic heterocycles. The lowest BCUT2D eigenvalue weighted by Crippen LogP contribution is -2.17. The Morgan fingerprint density at radius 1 is 1.50 bits per heavy atom. The van der Waals surface area contributed by atoms with Crippen molar-refractivity contribution in [2.75, 3.05) is 5.32 Å². The number of aromatic nitrogens is 1. The Bertz CT molecular complexity index is 428. The number of hydrogen-bond acceptors (Lipinski definition) is 4. The van der Waals surface area contributed by atoms with Crippen LogP contribution in [0.4, 0.5) is 5.13 Å². The number of hydrogen-bond donors (Lipinski definition) is 1. The van der Waals surface area contributed by atoms with Crippen LogP contribution in [-0.2, 0) is 6.42 Å². The van der Waals surface area contributed by atoms with E-state index in [0.717, 1.165) is 23.0 Å². The molecule has 0 radical (unpaired) electrons. The van der Waals surface area contributed by atoms with Gasteiger partial charge in [0.1, 0.15) is 5.76 Å². The number of anilines is 1. The number of furan rings is 1. The summed E-state index contributed by atoms with van der Waals surface area (Å²) < 4.78 is 5.31. The van der Waals surface area contributed by atoms with E-state index in [4.69, 9.17) is 4.42 Å². The molecular formula is C12H16N2OS. The van der Waals surface area contributed by atoms with Crippen molar-refractivity contribution in [3.8, 4) is 0 Å². The van der Waals surface area contributed by atoms with Crippen molar-refractivity contribution in [3.63, 3.8) is 0 Å². The van der Waals surface area contributed by atoms with Crippen molar-refractivity contribution in [3.05, 3.63) is 34.7 Å².